The first-order valence-corrected chi connectivity index (χ1v) is 8.43. The van der Waals surface area contributed by atoms with Crippen molar-refractivity contribution in [3.05, 3.63) is 71.2 Å². The molecule has 26 heavy (non-hydrogen) atoms. The topological polar surface area (TPSA) is 62.7 Å². The van der Waals surface area contributed by atoms with E-state index in [1.807, 2.05) is 54.6 Å². The Morgan fingerprint density at radius 3 is 2.58 bits per heavy atom. The Kier molecular flexibility index (Phi) is 5.71. The van der Waals surface area contributed by atoms with Crippen LogP contribution in [0.2, 0.25) is 5.02 Å². The van der Waals surface area contributed by atoms with E-state index in [-0.39, 0.29) is 12.5 Å². The van der Waals surface area contributed by atoms with Gasteiger partial charge in [-0.3, -0.25) is 4.79 Å². The highest BCUT2D eigenvalue weighted by Gasteiger charge is 2.05. The maximum Gasteiger partial charge on any atom is 0.259 e. The quantitative estimate of drug-likeness (QED) is 0.510. The number of methoxy groups -OCH3 is 1. The third-order valence-corrected chi connectivity index (χ3v) is 4.17. The van der Waals surface area contributed by atoms with Crippen LogP contribution in [0, 0.1) is 0 Å². The van der Waals surface area contributed by atoms with E-state index in [4.69, 9.17) is 16.3 Å². The molecule has 0 aliphatic carbocycles. The van der Waals surface area contributed by atoms with E-state index in [9.17, 15) is 4.79 Å². The number of hydrazone groups is 1. The van der Waals surface area contributed by atoms with Crippen LogP contribution in [0.5, 0.6) is 5.75 Å². The summed E-state index contributed by atoms with van der Waals surface area (Å²) in [5.74, 6) is 0.532. The van der Waals surface area contributed by atoms with Crippen molar-refractivity contribution in [2.45, 2.75) is 0 Å². The number of carbonyl (C=O) groups is 1. The van der Waals surface area contributed by atoms with E-state index in [1.54, 1.807) is 19.4 Å². The van der Waals surface area contributed by atoms with Gasteiger partial charge in [0.2, 0.25) is 0 Å². The molecule has 1 amide bonds. The molecule has 0 unspecified atom stereocenters. The largest absolute Gasteiger partial charge is 0.496 e. The summed E-state index contributed by atoms with van der Waals surface area (Å²) in [6, 6.07) is 18.9. The lowest BCUT2D eigenvalue weighted by Gasteiger charge is -2.08. The summed E-state index contributed by atoms with van der Waals surface area (Å²) in [6.45, 7) is 0.0738. The lowest BCUT2D eigenvalue weighted by atomic mass is 10.0. The molecule has 3 aromatic rings. The predicted octanol–water partition coefficient (Wildman–Crippen LogP) is 4.06. The number of fused-ring (bicyclic) bond motifs is 1. The maximum atomic E-state index is 11.9. The summed E-state index contributed by atoms with van der Waals surface area (Å²) in [7, 11) is 1.64. The number of halogens is 1. The van der Waals surface area contributed by atoms with Crippen LogP contribution < -0.4 is 15.5 Å². The minimum absolute atomic E-state index is 0.0738. The molecule has 6 heteroatoms. The van der Waals surface area contributed by atoms with Crippen LogP contribution in [0.25, 0.3) is 10.8 Å². The fourth-order valence-electron chi connectivity index (χ4n) is 2.58. The van der Waals surface area contributed by atoms with Crippen molar-refractivity contribution in [3.63, 3.8) is 0 Å². The van der Waals surface area contributed by atoms with Crippen LogP contribution in [0.4, 0.5) is 5.69 Å². The van der Waals surface area contributed by atoms with Gasteiger partial charge in [0.1, 0.15) is 5.75 Å². The zero-order valence-electron chi connectivity index (χ0n) is 14.2. The Balaban J connectivity index is 1.64. The van der Waals surface area contributed by atoms with Crippen LogP contribution in [-0.4, -0.2) is 25.8 Å². The molecule has 0 spiro atoms. The van der Waals surface area contributed by atoms with Crippen LogP contribution in [0.1, 0.15) is 5.56 Å². The fraction of sp³-hybridized carbons (Fsp3) is 0.100. The Hall–Kier alpha value is -3.05. The van der Waals surface area contributed by atoms with Gasteiger partial charge in [0.05, 0.1) is 30.6 Å². The molecule has 0 saturated heterocycles. The molecule has 3 rings (SSSR count). The van der Waals surface area contributed by atoms with Crippen molar-refractivity contribution in [1.82, 2.24) is 5.43 Å². The average molecular weight is 368 g/mol. The van der Waals surface area contributed by atoms with Crippen molar-refractivity contribution in [1.29, 1.82) is 0 Å². The predicted molar refractivity (Wildman–Crippen MR) is 106 cm³/mol. The molecule has 0 aromatic heterocycles. The van der Waals surface area contributed by atoms with E-state index in [0.717, 1.165) is 22.1 Å². The molecule has 0 bridgehead atoms. The molecular weight excluding hydrogens is 350 g/mol. The van der Waals surface area contributed by atoms with Crippen molar-refractivity contribution in [3.8, 4) is 5.75 Å². The van der Waals surface area contributed by atoms with Gasteiger partial charge < -0.3 is 10.1 Å². The van der Waals surface area contributed by atoms with E-state index < -0.39 is 0 Å². The molecule has 0 fully saturated rings. The van der Waals surface area contributed by atoms with E-state index >= 15 is 0 Å². The number of hydrogen-bond donors (Lipinski definition) is 2. The Morgan fingerprint density at radius 1 is 1.08 bits per heavy atom. The first-order chi connectivity index (χ1) is 12.7. The normalized spacial score (nSPS) is 10.8. The van der Waals surface area contributed by atoms with Crippen molar-refractivity contribution >= 4 is 40.2 Å². The Morgan fingerprint density at radius 2 is 1.81 bits per heavy atom. The molecule has 0 aliphatic heterocycles. The molecule has 5 nitrogen and oxygen atoms in total. The summed E-state index contributed by atoms with van der Waals surface area (Å²) >= 11 is 6.04. The summed E-state index contributed by atoms with van der Waals surface area (Å²) in [5.41, 5.74) is 4.10. The van der Waals surface area contributed by atoms with Gasteiger partial charge in [-0.2, -0.15) is 5.10 Å². The first-order valence-electron chi connectivity index (χ1n) is 8.05. The minimum Gasteiger partial charge on any atom is -0.496 e. The second-order valence-corrected chi connectivity index (χ2v) is 5.94. The van der Waals surface area contributed by atoms with Gasteiger partial charge in [-0.25, -0.2) is 5.43 Å². The van der Waals surface area contributed by atoms with E-state index in [1.165, 1.54) is 0 Å². The number of rotatable bonds is 6. The molecule has 2 N–H and O–H groups in total. The van der Waals surface area contributed by atoms with Crippen LogP contribution in [-0.2, 0) is 4.79 Å². The van der Waals surface area contributed by atoms with Crippen molar-refractivity contribution < 1.29 is 9.53 Å². The van der Waals surface area contributed by atoms with Crippen LogP contribution in [0.3, 0.4) is 0 Å². The number of benzene rings is 3. The Bertz CT molecular complexity index is 957. The lowest BCUT2D eigenvalue weighted by molar-refractivity contribution is -0.119. The van der Waals surface area contributed by atoms with Gasteiger partial charge in [-0.1, -0.05) is 48.0 Å². The summed E-state index contributed by atoms with van der Waals surface area (Å²) in [4.78, 5) is 11.9. The smallest absolute Gasteiger partial charge is 0.259 e. The average Bonchev–Trinajstić information content (AvgIpc) is 2.67. The number of ether oxygens (including phenoxy) is 1. The monoisotopic (exact) mass is 367 g/mol. The summed E-state index contributed by atoms with van der Waals surface area (Å²) in [6.07, 6.45) is 1.62. The second-order valence-electron chi connectivity index (χ2n) is 5.53. The maximum absolute atomic E-state index is 11.9. The van der Waals surface area contributed by atoms with E-state index in [0.29, 0.717) is 10.7 Å². The SMILES string of the molecule is COc1ccc(C=NNC(=O)CNc2ccccc2Cl)c2ccccc12. The molecular formula is C20H18ClN3O2. The van der Waals surface area contributed by atoms with Gasteiger partial charge in [-0.05, 0) is 29.7 Å². The van der Waals surface area contributed by atoms with Crippen molar-refractivity contribution in [2.24, 2.45) is 5.10 Å². The first kappa shape index (κ1) is 17.8. The summed E-state index contributed by atoms with van der Waals surface area (Å²) < 4.78 is 5.38. The molecule has 0 atom stereocenters. The number of carbonyl (C=O) groups excluding carboxylic acids is 1. The van der Waals surface area contributed by atoms with Crippen molar-refractivity contribution in [2.75, 3.05) is 19.0 Å². The molecule has 0 radical (unpaired) electrons. The third-order valence-electron chi connectivity index (χ3n) is 3.84. The standard InChI is InChI=1S/C20H18ClN3O2/c1-26-19-11-10-14(15-6-2-3-7-16(15)19)12-23-24-20(25)13-22-18-9-5-4-8-17(18)21/h2-12,22H,13H2,1H3,(H,24,25). The zero-order valence-corrected chi connectivity index (χ0v) is 15.0. The number of hydrogen-bond acceptors (Lipinski definition) is 4. The highest BCUT2D eigenvalue weighted by atomic mass is 35.5. The van der Waals surface area contributed by atoms with Gasteiger partial charge in [-0.15, -0.1) is 0 Å². The minimum atomic E-state index is -0.265. The molecule has 0 heterocycles. The molecule has 3 aromatic carbocycles. The van der Waals surface area contributed by atoms with Gasteiger partial charge in [0.25, 0.3) is 5.91 Å². The van der Waals surface area contributed by atoms with Gasteiger partial charge >= 0.3 is 0 Å². The van der Waals surface area contributed by atoms with Gasteiger partial charge in [0, 0.05) is 10.9 Å². The third kappa shape index (κ3) is 4.13. The van der Waals surface area contributed by atoms with Crippen LogP contribution in [0.15, 0.2) is 65.8 Å². The lowest BCUT2D eigenvalue weighted by Crippen LogP contribution is -2.25. The fourth-order valence-corrected chi connectivity index (χ4v) is 2.78. The Labute approximate surface area is 156 Å². The number of anilines is 1. The molecule has 132 valence electrons. The van der Waals surface area contributed by atoms with Gasteiger partial charge in [0.15, 0.2) is 0 Å². The van der Waals surface area contributed by atoms with Crippen LogP contribution >= 0.6 is 11.6 Å². The number of amides is 1. The molecule has 0 saturated carbocycles. The number of nitrogens with one attached hydrogen (secondary N) is 2. The van der Waals surface area contributed by atoms with E-state index in [2.05, 4.69) is 15.8 Å². The zero-order chi connectivity index (χ0) is 18.4. The highest BCUT2D eigenvalue weighted by molar-refractivity contribution is 6.33. The number of para-hydroxylation sites is 1. The highest BCUT2D eigenvalue weighted by Crippen LogP contribution is 2.27. The summed E-state index contributed by atoms with van der Waals surface area (Å²) in [5, 5.41) is 9.57. The molecule has 0 aliphatic rings. The second kappa shape index (κ2) is 8.36. The number of nitrogens with zero attached hydrogens (tertiary/aromatic N) is 1.